The van der Waals surface area contributed by atoms with Gasteiger partial charge in [0.25, 0.3) is 5.91 Å². The number of carbonyl (C=O) groups is 1. The van der Waals surface area contributed by atoms with Gasteiger partial charge in [-0.1, -0.05) is 30.8 Å². The Bertz CT molecular complexity index is 686. The van der Waals surface area contributed by atoms with Crippen LogP contribution in [0.4, 0.5) is 10.1 Å². The molecule has 0 aliphatic heterocycles. The molecule has 1 amide bonds. The first-order chi connectivity index (χ1) is 10.5. The van der Waals surface area contributed by atoms with Crippen molar-refractivity contribution in [3.63, 3.8) is 0 Å². The average Bonchev–Trinajstić information content (AvgIpc) is 2.53. The van der Waals surface area contributed by atoms with Gasteiger partial charge in [0.05, 0.1) is 6.54 Å². The quantitative estimate of drug-likeness (QED) is 0.507. The van der Waals surface area contributed by atoms with Gasteiger partial charge < -0.3 is 4.90 Å². The Labute approximate surface area is 129 Å². The number of halogens is 1. The molecule has 0 atom stereocenters. The van der Waals surface area contributed by atoms with Crippen molar-refractivity contribution in [2.75, 3.05) is 4.90 Å². The number of para-hydroxylation sites is 1. The maximum Gasteiger partial charge on any atom is 0.265 e. The van der Waals surface area contributed by atoms with E-state index in [1.54, 1.807) is 12.1 Å². The first kappa shape index (κ1) is 15.7. The van der Waals surface area contributed by atoms with Gasteiger partial charge >= 0.3 is 0 Å². The summed E-state index contributed by atoms with van der Waals surface area (Å²) in [5.41, 5.74) is 4.37. The highest BCUT2D eigenvalue weighted by atomic mass is 19.1. The first-order valence-electron chi connectivity index (χ1n) is 6.80. The molecule has 22 heavy (non-hydrogen) atoms. The van der Waals surface area contributed by atoms with Crippen LogP contribution >= 0.6 is 0 Å². The van der Waals surface area contributed by atoms with Crippen molar-refractivity contribution >= 4 is 11.6 Å². The number of carbonyl (C=O) groups excluding carboxylic acids is 1. The lowest BCUT2D eigenvalue weighted by molar-refractivity contribution is 0.0953. The number of hydrogen-bond acceptors (Lipinski definition) is 3. The van der Waals surface area contributed by atoms with Crippen molar-refractivity contribution < 1.29 is 9.18 Å². The summed E-state index contributed by atoms with van der Waals surface area (Å²) in [6.07, 6.45) is 0. The molecule has 0 unspecified atom stereocenters. The van der Waals surface area contributed by atoms with Gasteiger partial charge in [0, 0.05) is 22.5 Å². The highest BCUT2D eigenvalue weighted by Crippen LogP contribution is 2.22. The third-order valence-corrected chi connectivity index (χ3v) is 3.30. The second-order valence-corrected chi connectivity index (χ2v) is 4.94. The van der Waals surface area contributed by atoms with Gasteiger partial charge in [0.15, 0.2) is 0 Å². The molecule has 2 aromatic rings. The summed E-state index contributed by atoms with van der Waals surface area (Å²) in [5.74, 6) is 4.07. The van der Waals surface area contributed by atoms with Crippen molar-refractivity contribution in [2.45, 2.75) is 13.5 Å². The smallest absolute Gasteiger partial charge is 0.265 e. The second-order valence-electron chi connectivity index (χ2n) is 4.94. The normalized spacial score (nSPS) is 10.1. The predicted octanol–water partition coefficient (Wildman–Crippen LogP) is 2.97. The van der Waals surface area contributed by atoms with E-state index in [0.29, 0.717) is 12.1 Å². The fraction of sp³-hybridized carbons (Fsp3) is 0.118. The number of allylic oxidation sites excluding steroid dienone is 1. The van der Waals surface area contributed by atoms with Crippen LogP contribution in [0.2, 0.25) is 0 Å². The largest absolute Gasteiger partial charge is 0.341 e. The summed E-state index contributed by atoms with van der Waals surface area (Å²) in [6, 6.07) is 13.9. The molecule has 4 nitrogen and oxygen atoms in total. The third kappa shape index (κ3) is 3.51. The number of nitrogen functional groups attached to an aromatic ring is 1. The number of anilines is 1. The summed E-state index contributed by atoms with van der Waals surface area (Å²) in [5, 5.41) is 0. The van der Waals surface area contributed by atoms with Gasteiger partial charge in [-0.05, 0) is 31.2 Å². The zero-order valence-electron chi connectivity index (χ0n) is 12.3. The Kier molecular flexibility index (Phi) is 4.91. The molecular weight excluding hydrogens is 281 g/mol. The average molecular weight is 299 g/mol. The highest BCUT2D eigenvalue weighted by Gasteiger charge is 2.13. The molecule has 0 heterocycles. The molecular formula is C17H18FN3O. The predicted molar refractivity (Wildman–Crippen MR) is 85.5 cm³/mol. The van der Waals surface area contributed by atoms with Crippen molar-refractivity contribution in [1.82, 2.24) is 5.43 Å². The number of nitrogens with one attached hydrogen (secondary N) is 1. The van der Waals surface area contributed by atoms with Crippen molar-refractivity contribution in [3.8, 4) is 0 Å². The molecule has 114 valence electrons. The van der Waals surface area contributed by atoms with Crippen molar-refractivity contribution in [2.24, 2.45) is 5.84 Å². The van der Waals surface area contributed by atoms with Gasteiger partial charge in [0.2, 0.25) is 0 Å². The van der Waals surface area contributed by atoms with Crippen molar-refractivity contribution in [3.05, 3.63) is 77.8 Å². The molecule has 2 rings (SSSR count). The minimum absolute atomic E-state index is 0.185. The fourth-order valence-corrected chi connectivity index (χ4v) is 2.13. The first-order valence-corrected chi connectivity index (χ1v) is 6.80. The van der Waals surface area contributed by atoms with Gasteiger partial charge in [-0.15, -0.1) is 0 Å². The van der Waals surface area contributed by atoms with E-state index >= 15 is 0 Å². The SMILES string of the molecule is C=C(C)N(Cc1ccc(C(=O)NN)cc1F)c1ccccc1. The van der Waals surface area contributed by atoms with Crippen LogP contribution in [0.3, 0.4) is 0 Å². The third-order valence-electron chi connectivity index (χ3n) is 3.30. The minimum atomic E-state index is -0.523. The van der Waals surface area contributed by atoms with Crippen LogP contribution in [-0.2, 0) is 6.54 Å². The number of rotatable bonds is 5. The standard InChI is InChI=1S/C17H18FN3O/c1-12(2)21(15-6-4-3-5-7-15)11-14-9-8-13(10-16(14)18)17(22)20-19/h3-10H,1,11,19H2,2H3,(H,20,22). The van der Waals surface area contributed by atoms with Crippen LogP contribution < -0.4 is 16.2 Å². The molecule has 0 radical (unpaired) electrons. The molecule has 0 saturated carbocycles. The van der Waals surface area contributed by atoms with Crippen LogP contribution in [0.15, 0.2) is 60.8 Å². The van der Waals surface area contributed by atoms with Crippen LogP contribution in [-0.4, -0.2) is 5.91 Å². The molecule has 0 aliphatic carbocycles. The molecule has 3 N–H and O–H groups in total. The summed E-state index contributed by atoms with van der Waals surface area (Å²) >= 11 is 0. The molecule has 0 saturated heterocycles. The Balaban J connectivity index is 2.28. The minimum Gasteiger partial charge on any atom is -0.341 e. The zero-order valence-corrected chi connectivity index (χ0v) is 12.3. The van der Waals surface area contributed by atoms with Gasteiger partial charge in [-0.3, -0.25) is 10.2 Å². The summed E-state index contributed by atoms with van der Waals surface area (Å²) in [7, 11) is 0. The molecule has 0 aromatic heterocycles. The van der Waals surface area contributed by atoms with Crippen LogP contribution in [0.5, 0.6) is 0 Å². The highest BCUT2D eigenvalue weighted by molar-refractivity contribution is 5.93. The number of amides is 1. The molecule has 0 spiro atoms. The van der Waals surface area contributed by atoms with Gasteiger partial charge in [-0.2, -0.15) is 0 Å². The Hall–Kier alpha value is -2.66. The molecule has 0 aliphatic rings. The van der Waals surface area contributed by atoms with E-state index in [9.17, 15) is 9.18 Å². The van der Waals surface area contributed by atoms with Gasteiger partial charge in [-0.25, -0.2) is 10.2 Å². The Morgan fingerprint density at radius 2 is 1.95 bits per heavy atom. The van der Waals surface area contributed by atoms with E-state index in [4.69, 9.17) is 5.84 Å². The number of hydrogen-bond donors (Lipinski definition) is 2. The van der Waals surface area contributed by atoms with Crippen LogP contribution in [0.1, 0.15) is 22.8 Å². The van der Waals surface area contributed by atoms with E-state index in [2.05, 4.69) is 6.58 Å². The van der Waals surface area contributed by atoms with E-state index in [-0.39, 0.29) is 5.56 Å². The summed E-state index contributed by atoms with van der Waals surface area (Å²) in [6.45, 7) is 6.13. The number of nitrogens with two attached hydrogens (primary N) is 1. The maximum absolute atomic E-state index is 14.2. The second kappa shape index (κ2) is 6.87. The van der Waals surface area contributed by atoms with Gasteiger partial charge in [0.1, 0.15) is 5.82 Å². The van der Waals surface area contributed by atoms with E-state index in [1.165, 1.54) is 6.07 Å². The lowest BCUT2D eigenvalue weighted by Gasteiger charge is -2.25. The summed E-state index contributed by atoms with van der Waals surface area (Å²) < 4.78 is 14.2. The van der Waals surface area contributed by atoms with Crippen LogP contribution in [0.25, 0.3) is 0 Å². The zero-order chi connectivity index (χ0) is 16.1. The van der Waals surface area contributed by atoms with Crippen molar-refractivity contribution in [1.29, 1.82) is 0 Å². The fourth-order valence-electron chi connectivity index (χ4n) is 2.13. The molecule has 2 aromatic carbocycles. The molecule has 0 fully saturated rings. The van der Waals surface area contributed by atoms with Crippen LogP contribution in [0, 0.1) is 5.82 Å². The topological polar surface area (TPSA) is 58.4 Å². The van der Waals surface area contributed by atoms with E-state index < -0.39 is 11.7 Å². The van der Waals surface area contributed by atoms with E-state index in [1.807, 2.05) is 47.6 Å². The Morgan fingerprint density at radius 1 is 1.27 bits per heavy atom. The number of nitrogens with zero attached hydrogens (tertiary/aromatic N) is 1. The Morgan fingerprint density at radius 3 is 2.50 bits per heavy atom. The lowest BCUT2D eigenvalue weighted by Crippen LogP contribution is -2.30. The number of hydrazine groups is 1. The van der Waals surface area contributed by atoms with E-state index in [0.717, 1.165) is 11.4 Å². The molecule has 5 heteroatoms. The maximum atomic E-state index is 14.2. The lowest BCUT2D eigenvalue weighted by atomic mass is 10.1. The summed E-state index contributed by atoms with van der Waals surface area (Å²) in [4.78, 5) is 13.3. The monoisotopic (exact) mass is 299 g/mol. The molecule has 0 bridgehead atoms. The number of benzene rings is 2.